The van der Waals surface area contributed by atoms with Crippen LogP contribution in [-0.2, 0) is 4.79 Å². The van der Waals surface area contributed by atoms with Crippen LogP contribution in [0.1, 0.15) is 0 Å². The van der Waals surface area contributed by atoms with E-state index in [0.717, 1.165) is 0 Å². The number of hydrogen-bond acceptors (Lipinski definition) is 6. The van der Waals surface area contributed by atoms with Crippen LogP contribution < -0.4 is 0 Å². The molecule has 6 heteroatoms. The molecule has 0 aliphatic rings. The van der Waals surface area contributed by atoms with Crippen molar-refractivity contribution in [1.29, 1.82) is 0 Å². The van der Waals surface area contributed by atoms with Crippen molar-refractivity contribution in [3.63, 3.8) is 0 Å². The van der Waals surface area contributed by atoms with Gasteiger partial charge in [-0.1, -0.05) is 0 Å². The standard InChI is InChI=1S/C6H12O6/c7-1-3(9)5(11)6(12)4(10)2-8/h1,3-6,8-12H,2H2/t3-,4+,5+,6-/m0/s1/i7+2. The molecule has 0 aliphatic carbocycles. The average molecular weight is 182 g/mol. The first-order valence-electron chi connectivity index (χ1n) is 3.33. The van der Waals surface area contributed by atoms with Crippen LogP contribution in [0.5, 0.6) is 0 Å². The summed E-state index contributed by atoms with van der Waals surface area (Å²) in [5.74, 6) is 0. The SMILES string of the molecule is OC[C@@H](O)[C@H](O)[C@H](O)[C@@H](O)C=[18O]. The minimum atomic E-state index is -1.79. The Morgan fingerprint density at radius 2 is 1.58 bits per heavy atom. The van der Waals surface area contributed by atoms with E-state index in [2.05, 4.69) is 0 Å². The molecular formula is C6H12O6. The lowest BCUT2D eigenvalue weighted by atomic mass is 10.0. The molecule has 0 aromatic rings. The molecule has 6 nitrogen and oxygen atoms in total. The molecule has 0 heterocycles. The Bertz CT molecular complexity index is 138. The fourth-order valence-corrected chi connectivity index (χ4v) is 0.618. The lowest BCUT2D eigenvalue weighted by Crippen LogP contribution is -2.46. The van der Waals surface area contributed by atoms with E-state index in [0.29, 0.717) is 0 Å². The molecule has 0 unspecified atom stereocenters. The van der Waals surface area contributed by atoms with E-state index in [-0.39, 0.29) is 6.29 Å². The first-order valence-corrected chi connectivity index (χ1v) is 3.33. The number of hydrogen-bond donors (Lipinski definition) is 5. The molecule has 0 aromatic heterocycles. The van der Waals surface area contributed by atoms with E-state index < -0.39 is 31.0 Å². The molecular weight excluding hydrogens is 170 g/mol. The quantitative estimate of drug-likeness (QED) is 0.223. The molecule has 0 aromatic carbocycles. The van der Waals surface area contributed by atoms with Crippen molar-refractivity contribution in [3.8, 4) is 0 Å². The van der Waals surface area contributed by atoms with Crippen LogP contribution in [-0.4, -0.2) is 62.8 Å². The smallest absolute Gasteiger partial charge is 0.151 e. The highest BCUT2D eigenvalue weighted by molar-refractivity contribution is 5.56. The third-order valence-electron chi connectivity index (χ3n) is 1.42. The molecule has 0 radical (unpaired) electrons. The number of carbonyl (C=O) groups is 1. The molecule has 0 fully saturated rings. The summed E-state index contributed by atoms with van der Waals surface area (Å²) in [4.78, 5) is 9.90. The number of aliphatic hydroxyl groups is 5. The van der Waals surface area contributed by atoms with Gasteiger partial charge in [-0.15, -0.1) is 0 Å². The Morgan fingerprint density at radius 1 is 1.08 bits per heavy atom. The lowest BCUT2D eigenvalue weighted by molar-refractivity contribution is -0.136. The Morgan fingerprint density at radius 3 is 1.92 bits per heavy atom. The zero-order valence-electron chi connectivity index (χ0n) is 6.24. The van der Waals surface area contributed by atoms with Crippen molar-refractivity contribution in [2.75, 3.05) is 6.61 Å². The molecule has 0 saturated carbocycles. The van der Waals surface area contributed by atoms with E-state index in [9.17, 15) is 4.79 Å². The van der Waals surface area contributed by atoms with Gasteiger partial charge >= 0.3 is 0 Å². The summed E-state index contributed by atoms with van der Waals surface area (Å²) in [7, 11) is 0. The Kier molecular flexibility index (Phi) is 4.95. The Hall–Kier alpha value is -0.530. The van der Waals surface area contributed by atoms with Gasteiger partial charge in [-0.05, 0) is 0 Å². The first-order chi connectivity index (χ1) is 5.54. The predicted octanol–water partition coefficient (Wildman–Crippen LogP) is -3.38. The van der Waals surface area contributed by atoms with E-state index >= 15 is 0 Å². The van der Waals surface area contributed by atoms with Crippen molar-refractivity contribution in [2.45, 2.75) is 24.4 Å². The van der Waals surface area contributed by atoms with Crippen molar-refractivity contribution in [2.24, 2.45) is 0 Å². The number of rotatable bonds is 5. The summed E-state index contributed by atoms with van der Waals surface area (Å²) in [5, 5.41) is 43.5. The van der Waals surface area contributed by atoms with Gasteiger partial charge in [0.05, 0.1) is 6.61 Å². The predicted molar refractivity (Wildman–Crippen MR) is 37.2 cm³/mol. The van der Waals surface area contributed by atoms with Crippen LogP contribution in [0.3, 0.4) is 0 Å². The summed E-state index contributed by atoms with van der Waals surface area (Å²) >= 11 is 0. The molecule has 0 bridgehead atoms. The fourth-order valence-electron chi connectivity index (χ4n) is 0.618. The highest BCUT2D eigenvalue weighted by atomic mass is 18.1. The highest BCUT2D eigenvalue weighted by Gasteiger charge is 2.29. The first kappa shape index (κ1) is 11.5. The minimum absolute atomic E-state index is 0.0258. The number of carbonyl (C=O) groups excluding carboxylic acids is 1. The maximum Gasteiger partial charge on any atom is 0.151 e. The van der Waals surface area contributed by atoms with Gasteiger partial charge in [-0.2, -0.15) is 0 Å². The molecule has 0 amide bonds. The van der Waals surface area contributed by atoms with Crippen LogP contribution in [0.4, 0.5) is 0 Å². The van der Waals surface area contributed by atoms with E-state index in [1.165, 1.54) is 0 Å². The molecule has 12 heavy (non-hydrogen) atoms. The van der Waals surface area contributed by atoms with Crippen molar-refractivity contribution in [1.82, 2.24) is 0 Å². The zero-order valence-corrected chi connectivity index (χ0v) is 6.24. The zero-order chi connectivity index (χ0) is 9.72. The molecule has 0 aliphatic heterocycles. The van der Waals surface area contributed by atoms with Crippen LogP contribution in [0.15, 0.2) is 0 Å². The summed E-state index contributed by atoms with van der Waals surface area (Å²) in [6.45, 7) is -0.760. The maximum absolute atomic E-state index is 9.90. The lowest BCUT2D eigenvalue weighted by Gasteiger charge is -2.22. The summed E-state index contributed by atoms with van der Waals surface area (Å²) in [6, 6.07) is 0. The fraction of sp³-hybridized carbons (Fsp3) is 0.833. The van der Waals surface area contributed by atoms with Gasteiger partial charge in [0.2, 0.25) is 0 Å². The van der Waals surface area contributed by atoms with Gasteiger partial charge in [0.15, 0.2) is 6.29 Å². The van der Waals surface area contributed by atoms with Gasteiger partial charge in [-0.25, -0.2) is 0 Å². The van der Waals surface area contributed by atoms with Gasteiger partial charge in [-0.3, -0.25) is 0 Å². The number of aliphatic hydroxyl groups excluding tert-OH is 5. The highest BCUT2D eigenvalue weighted by Crippen LogP contribution is 2.02. The minimum Gasteiger partial charge on any atom is -0.394 e. The van der Waals surface area contributed by atoms with Gasteiger partial charge in [0.25, 0.3) is 0 Å². The van der Waals surface area contributed by atoms with Crippen LogP contribution in [0.2, 0.25) is 0 Å². The Balaban J connectivity index is 4.07. The van der Waals surface area contributed by atoms with E-state index in [1.807, 2.05) is 0 Å². The monoisotopic (exact) mass is 182 g/mol. The second-order valence-corrected chi connectivity index (χ2v) is 2.36. The summed E-state index contributed by atoms with van der Waals surface area (Å²) in [5.41, 5.74) is 0. The third kappa shape index (κ3) is 2.84. The molecule has 0 spiro atoms. The van der Waals surface area contributed by atoms with Crippen LogP contribution in [0.25, 0.3) is 0 Å². The van der Waals surface area contributed by atoms with Crippen LogP contribution >= 0.6 is 0 Å². The third-order valence-corrected chi connectivity index (χ3v) is 1.42. The second kappa shape index (κ2) is 5.18. The topological polar surface area (TPSA) is 118 Å². The normalized spacial score (nSPS) is 21.1. The number of aldehydes is 1. The Labute approximate surface area is 68.7 Å². The van der Waals surface area contributed by atoms with Crippen molar-refractivity contribution >= 4 is 6.29 Å². The van der Waals surface area contributed by atoms with Gasteiger partial charge < -0.3 is 30.3 Å². The molecule has 4 atom stereocenters. The summed E-state index contributed by atoms with van der Waals surface area (Å²) in [6.07, 6.45) is -6.84. The van der Waals surface area contributed by atoms with Crippen LogP contribution in [0, 0.1) is 0 Å². The largest absolute Gasteiger partial charge is 0.394 e. The maximum atomic E-state index is 9.90. The van der Waals surface area contributed by atoms with E-state index in [1.54, 1.807) is 0 Å². The molecule has 0 rings (SSSR count). The molecule has 5 N–H and O–H groups in total. The van der Waals surface area contributed by atoms with Crippen molar-refractivity contribution in [3.05, 3.63) is 0 Å². The summed E-state index contributed by atoms with van der Waals surface area (Å²) < 4.78 is 0. The van der Waals surface area contributed by atoms with Crippen molar-refractivity contribution < 1.29 is 30.3 Å². The molecule has 0 saturated heterocycles. The second-order valence-electron chi connectivity index (χ2n) is 2.36. The van der Waals surface area contributed by atoms with Gasteiger partial charge in [0.1, 0.15) is 24.4 Å². The van der Waals surface area contributed by atoms with Gasteiger partial charge in [0, 0.05) is 0 Å². The molecule has 72 valence electrons. The van der Waals surface area contributed by atoms with E-state index in [4.69, 9.17) is 25.5 Å². The average Bonchev–Trinajstić information content (AvgIpc) is 2.12.